The van der Waals surface area contributed by atoms with Gasteiger partial charge in [-0.15, -0.1) is 0 Å². The van der Waals surface area contributed by atoms with E-state index in [-0.39, 0.29) is 11.6 Å². The molecule has 2 heteroatoms. The van der Waals surface area contributed by atoms with Gasteiger partial charge in [-0.3, -0.25) is 4.79 Å². The summed E-state index contributed by atoms with van der Waals surface area (Å²) in [6.45, 7) is 3.55. The second-order valence-electron chi connectivity index (χ2n) is 4.11. The summed E-state index contributed by atoms with van der Waals surface area (Å²) in [5, 5.41) is 0. The van der Waals surface area contributed by atoms with Crippen LogP contribution in [-0.4, -0.2) is 5.78 Å². The maximum Gasteiger partial charge on any atom is 0.193 e. The zero-order valence-electron chi connectivity index (χ0n) is 9.83. The maximum atomic E-state index is 13.4. The molecule has 0 aliphatic rings. The molecule has 0 unspecified atom stereocenters. The summed E-state index contributed by atoms with van der Waals surface area (Å²) in [7, 11) is 0. The van der Waals surface area contributed by atoms with Crippen LogP contribution in [0.1, 0.15) is 27.0 Å². The van der Waals surface area contributed by atoms with Crippen LogP contribution in [0.15, 0.2) is 42.5 Å². The van der Waals surface area contributed by atoms with Crippen LogP contribution in [-0.2, 0) is 0 Å². The molecule has 0 aliphatic heterocycles. The lowest BCUT2D eigenvalue weighted by Gasteiger charge is -2.05. The van der Waals surface area contributed by atoms with E-state index in [1.165, 1.54) is 6.07 Å². The van der Waals surface area contributed by atoms with Gasteiger partial charge in [0.25, 0.3) is 0 Å². The number of carbonyl (C=O) groups excluding carboxylic acids is 1. The Bertz CT molecular complexity index is 573. The fourth-order valence-electron chi connectivity index (χ4n) is 1.72. The quantitative estimate of drug-likeness (QED) is 0.717. The summed E-state index contributed by atoms with van der Waals surface area (Å²) < 4.78 is 13.4. The predicted octanol–water partition coefficient (Wildman–Crippen LogP) is 3.67. The smallest absolute Gasteiger partial charge is 0.193 e. The highest BCUT2D eigenvalue weighted by Crippen LogP contribution is 2.16. The fraction of sp³-hybridized carbons (Fsp3) is 0.133. The summed E-state index contributed by atoms with van der Waals surface area (Å²) in [5.74, 6) is -0.480. The summed E-state index contributed by atoms with van der Waals surface area (Å²) in [5.41, 5.74) is 2.46. The van der Waals surface area contributed by atoms with Crippen molar-refractivity contribution in [1.82, 2.24) is 0 Å². The third-order valence-corrected chi connectivity index (χ3v) is 2.82. The van der Waals surface area contributed by atoms with Gasteiger partial charge in [0.1, 0.15) is 5.82 Å². The molecule has 0 fully saturated rings. The molecule has 0 atom stereocenters. The first-order chi connectivity index (χ1) is 8.09. The third kappa shape index (κ3) is 2.26. The fourth-order valence-corrected chi connectivity index (χ4v) is 1.72. The maximum absolute atomic E-state index is 13.4. The molecule has 0 radical (unpaired) electrons. The van der Waals surface area contributed by atoms with Gasteiger partial charge in [-0.05, 0) is 31.0 Å². The van der Waals surface area contributed by atoms with E-state index in [9.17, 15) is 9.18 Å². The van der Waals surface area contributed by atoms with Gasteiger partial charge in [-0.25, -0.2) is 4.39 Å². The Kier molecular flexibility index (Phi) is 3.05. The van der Waals surface area contributed by atoms with Gasteiger partial charge in [0.15, 0.2) is 5.78 Å². The number of carbonyl (C=O) groups is 1. The Hall–Kier alpha value is -1.96. The van der Waals surface area contributed by atoms with Crippen LogP contribution in [0.5, 0.6) is 0 Å². The van der Waals surface area contributed by atoms with E-state index >= 15 is 0 Å². The van der Waals surface area contributed by atoms with E-state index in [2.05, 4.69) is 0 Å². The van der Waals surface area contributed by atoms with Crippen molar-refractivity contribution in [2.45, 2.75) is 13.8 Å². The largest absolute Gasteiger partial charge is 0.289 e. The minimum Gasteiger partial charge on any atom is -0.289 e. The van der Waals surface area contributed by atoms with Crippen LogP contribution in [0.25, 0.3) is 0 Å². The molecule has 17 heavy (non-hydrogen) atoms. The molecule has 0 spiro atoms. The van der Waals surface area contributed by atoms with Gasteiger partial charge in [-0.1, -0.05) is 36.4 Å². The zero-order valence-corrected chi connectivity index (χ0v) is 9.83. The lowest BCUT2D eigenvalue weighted by molar-refractivity contribution is 0.103. The van der Waals surface area contributed by atoms with E-state index in [0.717, 1.165) is 5.56 Å². The molecule has 0 bridgehead atoms. The molecule has 0 heterocycles. The van der Waals surface area contributed by atoms with Crippen molar-refractivity contribution >= 4 is 5.78 Å². The molecule has 0 amide bonds. The van der Waals surface area contributed by atoms with Gasteiger partial charge in [0.2, 0.25) is 0 Å². The lowest BCUT2D eigenvalue weighted by atomic mass is 9.98. The highest BCUT2D eigenvalue weighted by Gasteiger charge is 2.12. The van der Waals surface area contributed by atoms with Gasteiger partial charge in [0, 0.05) is 11.1 Å². The molecule has 0 saturated carbocycles. The van der Waals surface area contributed by atoms with E-state index in [1.807, 2.05) is 25.1 Å². The molecule has 2 aromatic rings. The molecule has 1 nitrogen and oxygen atoms in total. The Morgan fingerprint density at radius 1 is 1.00 bits per heavy atom. The zero-order chi connectivity index (χ0) is 12.4. The molecule has 2 rings (SSSR count). The second-order valence-corrected chi connectivity index (χ2v) is 4.11. The first-order valence-electron chi connectivity index (χ1n) is 5.46. The normalized spacial score (nSPS) is 10.3. The average Bonchev–Trinajstić information content (AvgIpc) is 2.32. The van der Waals surface area contributed by atoms with E-state index in [4.69, 9.17) is 0 Å². The SMILES string of the molecule is Cc1ccc(C(=O)c2ccccc2C)cc1F. The van der Waals surface area contributed by atoms with Gasteiger partial charge in [0.05, 0.1) is 0 Å². The molecule has 2 aromatic carbocycles. The van der Waals surface area contributed by atoms with E-state index in [0.29, 0.717) is 16.7 Å². The molecule has 0 aromatic heterocycles. The summed E-state index contributed by atoms with van der Waals surface area (Å²) in [6, 6.07) is 11.9. The first-order valence-corrected chi connectivity index (χ1v) is 5.46. The number of hydrogen-bond donors (Lipinski definition) is 0. The second kappa shape index (κ2) is 4.50. The Balaban J connectivity index is 2.44. The van der Waals surface area contributed by atoms with Gasteiger partial charge >= 0.3 is 0 Å². The van der Waals surface area contributed by atoms with Crippen LogP contribution in [0, 0.1) is 19.7 Å². The Morgan fingerprint density at radius 3 is 2.35 bits per heavy atom. The molecular weight excluding hydrogens is 215 g/mol. The van der Waals surface area contributed by atoms with Crippen LogP contribution in [0.2, 0.25) is 0 Å². The standard InChI is InChI=1S/C15H13FO/c1-10-5-3-4-6-13(10)15(17)12-8-7-11(2)14(16)9-12/h3-9H,1-2H3. The molecule has 86 valence electrons. The first kappa shape index (κ1) is 11.5. The minimum atomic E-state index is -0.343. The van der Waals surface area contributed by atoms with Gasteiger partial charge < -0.3 is 0 Å². The van der Waals surface area contributed by atoms with Crippen molar-refractivity contribution in [3.8, 4) is 0 Å². The Morgan fingerprint density at radius 2 is 1.71 bits per heavy atom. The number of ketones is 1. The van der Waals surface area contributed by atoms with Crippen LogP contribution >= 0.6 is 0 Å². The average molecular weight is 228 g/mol. The lowest BCUT2D eigenvalue weighted by Crippen LogP contribution is -2.04. The van der Waals surface area contributed by atoms with Crippen LogP contribution in [0.3, 0.4) is 0 Å². The van der Waals surface area contributed by atoms with Crippen molar-refractivity contribution < 1.29 is 9.18 Å². The van der Waals surface area contributed by atoms with Crippen molar-refractivity contribution in [2.24, 2.45) is 0 Å². The van der Waals surface area contributed by atoms with Crippen LogP contribution < -0.4 is 0 Å². The number of hydrogen-bond acceptors (Lipinski definition) is 1. The van der Waals surface area contributed by atoms with E-state index < -0.39 is 0 Å². The monoisotopic (exact) mass is 228 g/mol. The number of halogens is 1. The summed E-state index contributed by atoms with van der Waals surface area (Å²) in [4.78, 5) is 12.2. The highest BCUT2D eigenvalue weighted by molar-refractivity contribution is 6.09. The number of aryl methyl sites for hydroxylation is 2. The van der Waals surface area contributed by atoms with Crippen molar-refractivity contribution in [2.75, 3.05) is 0 Å². The Labute approximate surface area is 99.9 Å². The van der Waals surface area contributed by atoms with Crippen molar-refractivity contribution in [3.05, 3.63) is 70.5 Å². The third-order valence-electron chi connectivity index (χ3n) is 2.82. The molecule has 0 saturated heterocycles. The predicted molar refractivity (Wildman–Crippen MR) is 65.7 cm³/mol. The van der Waals surface area contributed by atoms with Gasteiger partial charge in [-0.2, -0.15) is 0 Å². The summed E-state index contributed by atoms with van der Waals surface area (Å²) in [6.07, 6.45) is 0. The van der Waals surface area contributed by atoms with Crippen molar-refractivity contribution in [1.29, 1.82) is 0 Å². The minimum absolute atomic E-state index is 0.137. The number of benzene rings is 2. The highest BCUT2D eigenvalue weighted by atomic mass is 19.1. The van der Waals surface area contributed by atoms with Crippen molar-refractivity contribution in [3.63, 3.8) is 0 Å². The van der Waals surface area contributed by atoms with Crippen LogP contribution in [0.4, 0.5) is 4.39 Å². The molecule has 0 aliphatic carbocycles. The number of rotatable bonds is 2. The van der Waals surface area contributed by atoms with E-state index in [1.54, 1.807) is 25.1 Å². The topological polar surface area (TPSA) is 17.1 Å². The summed E-state index contributed by atoms with van der Waals surface area (Å²) >= 11 is 0. The molecule has 0 N–H and O–H groups in total. The molecular formula is C15H13FO.